The Labute approximate surface area is 144 Å². The molecule has 128 valence electrons. The average molecular weight is 340 g/mol. The first-order chi connectivity index (χ1) is 10.6. The van der Waals surface area contributed by atoms with Crippen LogP contribution in [0.2, 0.25) is 0 Å². The standard InChI is InChI=1S/C17H25N3O2.ClH/c1-13(18)11-16(21)20-9-7-15(8-10-20)17(22)19-12-14-5-3-2-4-6-14;/h2-6,13,15H,7-12,18H2,1H3,(H,19,22);1H. The molecule has 1 atom stereocenters. The second-order valence-electron chi connectivity index (χ2n) is 6.04. The van der Waals surface area contributed by atoms with Gasteiger partial charge < -0.3 is 16.0 Å². The van der Waals surface area contributed by atoms with Crippen molar-refractivity contribution in [3.05, 3.63) is 35.9 Å². The Balaban J connectivity index is 0.00000264. The van der Waals surface area contributed by atoms with Crippen molar-refractivity contribution in [2.45, 2.75) is 38.8 Å². The third kappa shape index (κ3) is 6.20. The van der Waals surface area contributed by atoms with Crippen molar-refractivity contribution in [2.24, 2.45) is 11.7 Å². The second-order valence-corrected chi connectivity index (χ2v) is 6.04. The van der Waals surface area contributed by atoms with Crippen LogP contribution in [0.15, 0.2) is 30.3 Å². The largest absolute Gasteiger partial charge is 0.352 e. The molecule has 1 aliphatic heterocycles. The lowest BCUT2D eigenvalue weighted by molar-refractivity contribution is -0.135. The zero-order valence-electron chi connectivity index (χ0n) is 13.5. The van der Waals surface area contributed by atoms with Gasteiger partial charge in [-0.25, -0.2) is 0 Å². The summed E-state index contributed by atoms with van der Waals surface area (Å²) in [7, 11) is 0. The molecule has 1 saturated heterocycles. The number of carbonyl (C=O) groups is 2. The summed E-state index contributed by atoms with van der Waals surface area (Å²) in [5.41, 5.74) is 6.76. The monoisotopic (exact) mass is 339 g/mol. The van der Waals surface area contributed by atoms with E-state index < -0.39 is 0 Å². The van der Waals surface area contributed by atoms with Gasteiger partial charge in [0.2, 0.25) is 11.8 Å². The minimum absolute atomic E-state index is 0. The number of rotatable bonds is 5. The first kappa shape index (κ1) is 19.5. The zero-order chi connectivity index (χ0) is 15.9. The third-order valence-electron chi connectivity index (χ3n) is 4.02. The van der Waals surface area contributed by atoms with Gasteiger partial charge in [0.15, 0.2) is 0 Å². The number of likely N-dealkylation sites (tertiary alicyclic amines) is 1. The van der Waals surface area contributed by atoms with Crippen LogP contribution in [-0.4, -0.2) is 35.8 Å². The molecule has 23 heavy (non-hydrogen) atoms. The Bertz CT molecular complexity index is 500. The molecule has 1 aromatic rings. The predicted molar refractivity (Wildman–Crippen MR) is 93.1 cm³/mol. The van der Waals surface area contributed by atoms with E-state index >= 15 is 0 Å². The van der Waals surface area contributed by atoms with E-state index in [1.807, 2.05) is 42.2 Å². The number of nitrogens with zero attached hydrogens (tertiary/aromatic N) is 1. The van der Waals surface area contributed by atoms with Crippen molar-refractivity contribution in [3.63, 3.8) is 0 Å². The molecule has 1 aliphatic rings. The molecule has 2 rings (SSSR count). The highest BCUT2D eigenvalue weighted by atomic mass is 35.5. The van der Waals surface area contributed by atoms with Gasteiger partial charge >= 0.3 is 0 Å². The highest BCUT2D eigenvalue weighted by molar-refractivity contribution is 5.85. The first-order valence-corrected chi connectivity index (χ1v) is 7.91. The Morgan fingerprint density at radius 1 is 1.26 bits per heavy atom. The lowest BCUT2D eigenvalue weighted by Crippen LogP contribution is -2.44. The van der Waals surface area contributed by atoms with Crippen LogP contribution in [0.1, 0.15) is 31.7 Å². The van der Waals surface area contributed by atoms with Crippen molar-refractivity contribution in [1.82, 2.24) is 10.2 Å². The number of nitrogens with two attached hydrogens (primary N) is 1. The van der Waals surface area contributed by atoms with E-state index in [0.717, 1.165) is 18.4 Å². The summed E-state index contributed by atoms with van der Waals surface area (Å²) in [6.45, 7) is 3.69. The fraction of sp³-hybridized carbons (Fsp3) is 0.529. The van der Waals surface area contributed by atoms with Crippen LogP contribution in [0.4, 0.5) is 0 Å². The van der Waals surface area contributed by atoms with Crippen molar-refractivity contribution in [2.75, 3.05) is 13.1 Å². The summed E-state index contributed by atoms with van der Waals surface area (Å²) in [6.07, 6.45) is 1.83. The Morgan fingerprint density at radius 3 is 2.43 bits per heavy atom. The maximum Gasteiger partial charge on any atom is 0.224 e. The molecule has 2 amide bonds. The van der Waals surface area contributed by atoms with E-state index in [1.54, 1.807) is 0 Å². The van der Waals surface area contributed by atoms with Gasteiger partial charge in [0.25, 0.3) is 0 Å². The minimum Gasteiger partial charge on any atom is -0.352 e. The number of halogens is 1. The Hall–Kier alpha value is -1.59. The fourth-order valence-electron chi connectivity index (χ4n) is 2.72. The molecule has 3 N–H and O–H groups in total. The maximum absolute atomic E-state index is 12.2. The van der Waals surface area contributed by atoms with Crippen LogP contribution in [0.3, 0.4) is 0 Å². The average Bonchev–Trinajstić information content (AvgIpc) is 2.53. The maximum atomic E-state index is 12.2. The SMILES string of the molecule is CC(N)CC(=O)N1CCC(C(=O)NCc2ccccc2)CC1.Cl. The van der Waals surface area contributed by atoms with Crippen molar-refractivity contribution >= 4 is 24.2 Å². The van der Waals surface area contributed by atoms with Crippen LogP contribution < -0.4 is 11.1 Å². The van der Waals surface area contributed by atoms with Gasteiger partial charge in [-0.2, -0.15) is 0 Å². The van der Waals surface area contributed by atoms with E-state index in [9.17, 15) is 9.59 Å². The topological polar surface area (TPSA) is 75.4 Å². The molecule has 0 bridgehead atoms. The lowest BCUT2D eigenvalue weighted by atomic mass is 9.95. The summed E-state index contributed by atoms with van der Waals surface area (Å²) >= 11 is 0. The molecule has 1 heterocycles. The number of benzene rings is 1. The molecule has 0 aromatic heterocycles. The summed E-state index contributed by atoms with van der Waals surface area (Å²) in [6, 6.07) is 9.76. The van der Waals surface area contributed by atoms with Crippen molar-refractivity contribution in [1.29, 1.82) is 0 Å². The molecule has 0 radical (unpaired) electrons. The van der Waals surface area contributed by atoms with Crippen LogP contribution in [0.25, 0.3) is 0 Å². The van der Waals surface area contributed by atoms with Gasteiger partial charge in [-0.3, -0.25) is 9.59 Å². The zero-order valence-corrected chi connectivity index (χ0v) is 14.3. The number of hydrogen-bond donors (Lipinski definition) is 2. The van der Waals surface area contributed by atoms with Crippen molar-refractivity contribution < 1.29 is 9.59 Å². The van der Waals surface area contributed by atoms with Gasteiger partial charge in [-0.05, 0) is 25.3 Å². The number of amides is 2. The van der Waals surface area contributed by atoms with Crippen LogP contribution in [0.5, 0.6) is 0 Å². The van der Waals surface area contributed by atoms with Gasteiger partial charge in [-0.15, -0.1) is 12.4 Å². The predicted octanol–water partition coefficient (Wildman–Crippen LogP) is 1.70. The first-order valence-electron chi connectivity index (χ1n) is 7.91. The smallest absolute Gasteiger partial charge is 0.224 e. The van der Waals surface area contributed by atoms with E-state index in [-0.39, 0.29) is 36.2 Å². The Morgan fingerprint density at radius 2 is 1.87 bits per heavy atom. The molecule has 1 fully saturated rings. The minimum atomic E-state index is -0.112. The van der Waals surface area contributed by atoms with E-state index in [0.29, 0.717) is 26.1 Å². The molecule has 0 saturated carbocycles. The fourth-order valence-corrected chi connectivity index (χ4v) is 2.72. The van der Waals surface area contributed by atoms with Crippen molar-refractivity contribution in [3.8, 4) is 0 Å². The molecular weight excluding hydrogens is 314 g/mol. The molecular formula is C17H26ClN3O2. The number of hydrogen-bond acceptors (Lipinski definition) is 3. The molecule has 6 heteroatoms. The van der Waals surface area contributed by atoms with Crippen LogP contribution in [-0.2, 0) is 16.1 Å². The van der Waals surface area contributed by atoms with Gasteiger partial charge in [0, 0.05) is 38.0 Å². The van der Waals surface area contributed by atoms with E-state index in [2.05, 4.69) is 5.32 Å². The highest BCUT2D eigenvalue weighted by Gasteiger charge is 2.27. The normalized spacial score (nSPS) is 16.3. The molecule has 1 unspecified atom stereocenters. The highest BCUT2D eigenvalue weighted by Crippen LogP contribution is 2.18. The number of piperidine rings is 1. The number of carbonyl (C=O) groups excluding carboxylic acids is 2. The quantitative estimate of drug-likeness (QED) is 0.857. The van der Waals surface area contributed by atoms with E-state index in [1.165, 1.54) is 0 Å². The van der Waals surface area contributed by atoms with E-state index in [4.69, 9.17) is 5.73 Å². The molecule has 1 aromatic carbocycles. The van der Waals surface area contributed by atoms with Gasteiger partial charge in [0.05, 0.1) is 0 Å². The third-order valence-corrected chi connectivity index (χ3v) is 4.02. The second kappa shape index (κ2) is 9.53. The van der Waals surface area contributed by atoms with Crippen LogP contribution >= 0.6 is 12.4 Å². The summed E-state index contributed by atoms with van der Waals surface area (Å²) in [5, 5.41) is 2.98. The molecule has 0 spiro atoms. The lowest BCUT2D eigenvalue weighted by Gasteiger charge is -2.31. The van der Waals surface area contributed by atoms with Crippen LogP contribution in [0, 0.1) is 5.92 Å². The summed E-state index contributed by atoms with van der Waals surface area (Å²) in [4.78, 5) is 26.0. The van der Waals surface area contributed by atoms with Gasteiger partial charge in [0.1, 0.15) is 0 Å². The molecule has 0 aliphatic carbocycles. The summed E-state index contributed by atoms with van der Waals surface area (Å²) in [5.74, 6) is 0.185. The number of nitrogens with one attached hydrogen (secondary N) is 1. The Kier molecular flexibility index (Phi) is 8.06. The molecule has 5 nitrogen and oxygen atoms in total. The summed E-state index contributed by atoms with van der Waals surface area (Å²) < 4.78 is 0. The van der Waals surface area contributed by atoms with Gasteiger partial charge in [-0.1, -0.05) is 30.3 Å².